The highest BCUT2D eigenvalue weighted by atomic mass is 16.3. The number of rotatable bonds is 4. The highest BCUT2D eigenvalue weighted by Gasteiger charge is 2.23. The Labute approximate surface area is 156 Å². The Balaban J connectivity index is 1.72. The van der Waals surface area contributed by atoms with Gasteiger partial charge in [0.05, 0.1) is 11.8 Å². The van der Waals surface area contributed by atoms with Gasteiger partial charge in [0.25, 0.3) is 5.91 Å². The number of allylic oxidation sites excluding steroid dienone is 2. The Morgan fingerprint density at radius 1 is 1.00 bits per heavy atom. The van der Waals surface area contributed by atoms with Crippen LogP contribution >= 0.6 is 0 Å². The average Bonchev–Trinajstić information content (AvgIpc) is 2.66. The minimum Gasteiger partial charge on any atom is -0.507 e. The number of hydrogen-bond acceptors (Lipinski definition) is 5. The molecule has 0 aliphatic heterocycles. The van der Waals surface area contributed by atoms with Gasteiger partial charge in [0.1, 0.15) is 17.6 Å². The fourth-order valence-corrected chi connectivity index (χ4v) is 2.56. The van der Waals surface area contributed by atoms with Gasteiger partial charge in [-0.3, -0.25) is 4.79 Å². The monoisotopic (exact) mass is 362 g/mol. The first kappa shape index (κ1) is 18.2. The normalized spacial score (nSPS) is 17.9. The van der Waals surface area contributed by atoms with Gasteiger partial charge in [0.15, 0.2) is 0 Å². The summed E-state index contributed by atoms with van der Waals surface area (Å²) in [4.78, 5) is 12.3. The number of phenolic OH excluding ortho intramolecular Hbond substituents is 2. The van der Waals surface area contributed by atoms with Gasteiger partial charge in [-0.2, -0.15) is 5.10 Å². The average molecular weight is 362 g/mol. The van der Waals surface area contributed by atoms with Crippen LogP contribution in [-0.4, -0.2) is 33.5 Å². The summed E-state index contributed by atoms with van der Waals surface area (Å²) in [5.74, 6) is -0.441. The Kier molecular flexibility index (Phi) is 5.49. The Hall–Kier alpha value is -3.64. The van der Waals surface area contributed by atoms with E-state index in [0.29, 0.717) is 16.7 Å². The Bertz CT molecular complexity index is 974. The van der Waals surface area contributed by atoms with E-state index in [1.807, 2.05) is 0 Å². The van der Waals surface area contributed by atoms with Crippen molar-refractivity contribution in [2.75, 3.05) is 0 Å². The van der Waals surface area contributed by atoms with Crippen LogP contribution in [0.3, 0.4) is 0 Å². The van der Waals surface area contributed by atoms with Crippen LogP contribution in [0.4, 0.5) is 0 Å². The maximum absolute atomic E-state index is 12.3. The number of nitrogens with zero attached hydrogens (tertiary/aromatic N) is 1. The predicted octanol–water partition coefficient (Wildman–Crippen LogP) is 2.49. The van der Waals surface area contributed by atoms with Crippen molar-refractivity contribution in [3.63, 3.8) is 0 Å². The molecule has 0 spiro atoms. The van der Waals surface area contributed by atoms with E-state index < -0.39 is 12.0 Å². The number of carbonyl (C=O) groups is 1. The van der Waals surface area contributed by atoms with Crippen molar-refractivity contribution in [2.24, 2.45) is 5.10 Å². The quantitative estimate of drug-likeness (QED) is 0.496. The minimum absolute atomic E-state index is 0.0447. The first-order valence-electron chi connectivity index (χ1n) is 8.23. The molecule has 27 heavy (non-hydrogen) atoms. The number of phenols is 2. The number of para-hydroxylation sites is 2. The standard InChI is InChI=1S/C21H18N2O4/c24-18-10-3-1-6-14(18)12-15-8-5-9-17(20(15)26)21(27)23-22-13-16-7-2-4-11-19(16)25/h1-13,20,24-26H,(H,23,27). The second kappa shape index (κ2) is 8.16. The van der Waals surface area contributed by atoms with Crippen LogP contribution in [0.2, 0.25) is 0 Å². The molecule has 6 heteroatoms. The van der Waals surface area contributed by atoms with Crippen molar-refractivity contribution >= 4 is 18.2 Å². The Morgan fingerprint density at radius 3 is 2.30 bits per heavy atom. The van der Waals surface area contributed by atoms with Crippen molar-refractivity contribution in [1.82, 2.24) is 5.43 Å². The number of aromatic hydroxyl groups is 2. The molecule has 1 amide bonds. The molecule has 0 bridgehead atoms. The van der Waals surface area contributed by atoms with E-state index in [0.717, 1.165) is 0 Å². The predicted molar refractivity (Wildman–Crippen MR) is 103 cm³/mol. The number of aliphatic hydroxyl groups excluding tert-OH is 1. The van der Waals surface area contributed by atoms with E-state index in [2.05, 4.69) is 10.5 Å². The van der Waals surface area contributed by atoms with Gasteiger partial charge < -0.3 is 15.3 Å². The number of hydrazone groups is 1. The Morgan fingerprint density at radius 2 is 1.63 bits per heavy atom. The zero-order valence-electron chi connectivity index (χ0n) is 14.3. The highest BCUT2D eigenvalue weighted by Crippen LogP contribution is 2.25. The van der Waals surface area contributed by atoms with Crippen LogP contribution in [0.5, 0.6) is 11.5 Å². The lowest BCUT2D eigenvalue weighted by Crippen LogP contribution is -2.29. The van der Waals surface area contributed by atoms with Crippen molar-refractivity contribution < 1.29 is 20.1 Å². The molecule has 0 radical (unpaired) electrons. The first-order valence-corrected chi connectivity index (χ1v) is 8.23. The van der Waals surface area contributed by atoms with Crippen LogP contribution < -0.4 is 5.43 Å². The van der Waals surface area contributed by atoms with Gasteiger partial charge >= 0.3 is 0 Å². The zero-order valence-corrected chi connectivity index (χ0v) is 14.3. The highest BCUT2D eigenvalue weighted by molar-refractivity contribution is 5.97. The third kappa shape index (κ3) is 4.31. The molecular weight excluding hydrogens is 344 g/mol. The molecule has 0 heterocycles. The fourth-order valence-electron chi connectivity index (χ4n) is 2.56. The number of benzene rings is 2. The molecule has 0 saturated carbocycles. The van der Waals surface area contributed by atoms with Gasteiger partial charge in [-0.05, 0) is 29.8 Å². The van der Waals surface area contributed by atoms with E-state index in [-0.39, 0.29) is 17.1 Å². The number of hydrogen-bond donors (Lipinski definition) is 4. The van der Waals surface area contributed by atoms with Crippen LogP contribution in [0, 0.1) is 0 Å². The lowest BCUT2D eigenvalue weighted by molar-refractivity contribution is -0.118. The summed E-state index contributed by atoms with van der Waals surface area (Å²) < 4.78 is 0. The zero-order chi connectivity index (χ0) is 19.2. The molecule has 1 atom stereocenters. The maximum Gasteiger partial charge on any atom is 0.270 e. The van der Waals surface area contributed by atoms with E-state index >= 15 is 0 Å². The molecular formula is C21H18N2O4. The maximum atomic E-state index is 12.3. The SMILES string of the molecule is O=C(NN=Cc1ccccc1O)C1=CC=CC(=Cc2ccccc2O)C1O. The molecule has 2 aromatic carbocycles. The van der Waals surface area contributed by atoms with Gasteiger partial charge in [0, 0.05) is 11.1 Å². The third-order valence-corrected chi connectivity index (χ3v) is 4.00. The largest absolute Gasteiger partial charge is 0.507 e. The lowest BCUT2D eigenvalue weighted by Gasteiger charge is -2.18. The summed E-state index contributed by atoms with van der Waals surface area (Å²) >= 11 is 0. The second-order valence-corrected chi connectivity index (χ2v) is 5.84. The second-order valence-electron chi connectivity index (χ2n) is 5.84. The summed E-state index contributed by atoms with van der Waals surface area (Å²) in [6, 6.07) is 13.3. The molecule has 1 aliphatic rings. The van der Waals surface area contributed by atoms with Crippen molar-refractivity contribution in [3.05, 3.63) is 89.0 Å². The molecule has 6 nitrogen and oxygen atoms in total. The van der Waals surface area contributed by atoms with Crippen LogP contribution in [0.25, 0.3) is 6.08 Å². The first-order chi connectivity index (χ1) is 13.1. The molecule has 1 aliphatic carbocycles. The van der Waals surface area contributed by atoms with Gasteiger partial charge in [-0.25, -0.2) is 5.43 Å². The molecule has 2 aromatic rings. The van der Waals surface area contributed by atoms with Gasteiger partial charge in [-0.15, -0.1) is 0 Å². The summed E-state index contributed by atoms with van der Waals surface area (Å²) in [7, 11) is 0. The smallest absolute Gasteiger partial charge is 0.270 e. The lowest BCUT2D eigenvalue weighted by atomic mass is 9.94. The van der Waals surface area contributed by atoms with E-state index in [1.54, 1.807) is 60.7 Å². The molecule has 0 saturated heterocycles. The molecule has 0 fully saturated rings. The van der Waals surface area contributed by atoms with Crippen LogP contribution in [-0.2, 0) is 4.79 Å². The van der Waals surface area contributed by atoms with Gasteiger partial charge in [0.2, 0.25) is 0 Å². The third-order valence-electron chi connectivity index (χ3n) is 4.00. The van der Waals surface area contributed by atoms with Gasteiger partial charge in [-0.1, -0.05) is 48.6 Å². The molecule has 1 unspecified atom stereocenters. The molecule has 3 rings (SSSR count). The van der Waals surface area contributed by atoms with Crippen molar-refractivity contribution in [2.45, 2.75) is 6.10 Å². The summed E-state index contributed by atoms with van der Waals surface area (Å²) in [5, 5.41) is 33.8. The summed E-state index contributed by atoms with van der Waals surface area (Å²) in [6.07, 6.45) is 6.58. The molecule has 136 valence electrons. The summed E-state index contributed by atoms with van der Waals surface area (Å²) in [5.41, 5.74) is 3.91. The number of nitrogens with one attached hydrogen (secondary N) is 1. The van der Waals surface area contributed by atoms with E-state index in [1.165, 1.54) is 18.4 Å². The summed E-state index contributed by atoms with van der Waals surface area (Å²) in [6.45, 7) is 0. The molecule has 4 N–H and O–H groups in total. The van der Waals surface area contributed by atoms with E-state index in [9.17, 15) is 20.1 Å². The van der Waals surface area contributed by atoms with E-state index in [4.69, 9.17) is 0 Å². The topological polar surface area (TPSA) is 102 Å². The van der Waals surface area contributed by atoms with Crippen molar-refractivity contribution in [1.29, 1.82) is 0 Å². The van der Waals surface area contributed by atoms with Crippen molar-refractivity contribution in [3.8, 4) is 11.5 Å². The van der Waals surface area contributed by atoms with Crippen LogP contribution in [0.1, 0.15) is 11.1 Å². The number of aliphatic hydroxyl groups is 1. The number of amides is 1. The molecule has 0 aromatic heterocycles. The van der Waals surface area contributed by atoms with Crippen LogP contribution in [0.15, 0.2) is 83.0 Å². The minimum atomic E-state index is -1.16. The fraction of sp³-hybridized carbons (Fsp3) is 0.0476. The number of carbonyl (C=O) groups excluding carboxylic acids is 1.